The van der Waals surface area contributed by atoms with Crippen molar-refractivity contribution in [2.24, 2.45) is 5.73 Å². The molecule has 1 atom stereocenters. The van der Waals surface area contributed by atoms with E-state index in [1.807, 2.05) is 4.57 Å². The van der Waals surface area contributed by atoms with Crippen molar-refractivity contribution in [2.45, 2.75) is 50.9 Å². The largest absolute Gasteiger partial charge is 0.369 e. The molecule has 2 heterocycles. The Morgan fingerprint density at radius 2 is 1.94 bits per heavy atom. The van der Waals surface area contributed by atoms with Gasteiger partial charge in [-0.25, -0.2) is 9.37 Å². The first kappa shape index (κ1) is 24.4. The van der Waals surface area contributed by atoms with Gasteiger partial charge in [0.15, 0.2) is 0 Å². The van der Waals surface area contributed by atoms with Crippen LogP contribution in [-0.4, -0.2) is 36.1 Å². The molecule has 2 aromatic heterocycles. The topological polar surface area (TPSA) is 115 Å². The van der Waals surface area contributed by atoms with Crippen molar-refractivity contribution in [2.75, 3.05) is 0 Å². The molecule has 1 aliphatic rings. The van der Waals surface area contributed by atoms with Crippen molar-refractivity contribution in [3.63, 3.8) is 0 Å². The minimum absolute atomic E-state index is 0.0321. The number of benzene rings is 2. The number of primary amides is 1. The first-order valence-electron chi connectivity index (χ1n) is 11.8. The summed E-state index contributed by atoms with van der Waals surface area (Å²) in [6, 6.07) is 9.79. The first-order valence-corrected chi connectivity index (χ1v) is 12.5. The first-order chi connectivity index (χ1) is 17.3. The lowest BCUT2D eigenvalue weighted by atomic mass is 9.88. The Bertz CT molecular complexity index is 1410. The molecule has 1 amide bonds. The number of rotatable bonds is 6. The number of nitrogens with zero attached hydrogens (tertiary/aromatic N) is 5. The Balaban J connectivity index is 1.88. The van der Waals surface area contributed by atoms with Gasteiger partial charge in [0.05, 0.1) is 22.3 Å². The third-order valence-corrected chi connectivity index (χ3v) is 7.28. The van der Waals surface area contributed by atoms with Gasteiger partial charge in [0.2, 0.25) is 11.7 Å². The van der Waals surface area contributed by atoms with E-state index in [-0.39, 0.29) is 16.8 Å². The fourth-order valence-corrected chi connectivity index (χ4v) is 5.22. The third kappa shape index (κ3) is 4.49. The number of H-pyrrole nitrogens is 1. The normalized spacial score (nSPS) is 15.2. The zero-order chi connectivity index (χ0) is 25.4. The number of halogens is 3. The van der Waals surface area contributed by atoms with Crippen molar-refractivity contribution in [1.82, 2.24) is 30.2 Å². The Hall–Kier alpha value is -3.30. The van der Waals surface area contributed by atoms with Gasteiger partial charge in [-0.3, -0.25) is 9.36 Å². The summed E-state index contributed by atoms with van der Waals surface area (Å²) in [4.78, 5) is 17.3. The van der Waals surface area contributed by atoms with E-state index in [0.29, 0.717) is 33.2 Å². The number of nitrogens with one attached hydrogen (secondary N) is 1. The maximum Gasteiger partial charge on any atom is 0.225 e. The van der Waals surface area contributed by atoms with E-state index in [1.165, 1.54) is 6.07 Å². The highest BCUT2D eigenvalue weighted by atomic mass is 35.5. The zero-order valence-electron chi connectivity index (χ0n) is 19.5. The molecule has 0 spiro atoms. The molecule has 0 saturated heterocycles. The number of tetrazole rings is 1. The summed E-state index contributed by atoms with van der Waals surface area (Å²) >= 11 is 12.7. The predicted molar refractivity (Wildman–Crippen MR) is 136 cm³/mol. The zero-order valence-corrected chi connectivity index (χ0v) is 21.0. The molecule has 0 aliphatic heterocycles. The standard InChI is InChI=1S/C25H24Cl2FN7O/c1-13(23(29)36)17-9-8-16(26)12-20(17)35-22(15-7-10-19(28)18(27)11-15)21(24-31-33-34-32-24)30-25(35)14-5-3-2-4-6-14/h7-14H,2-6H2,1H3,(H2,29,36)(H,31,32,33,34). The lowest BCUT2D eigenvalue weighted by Gasteiger charge is -2.25. The van der Waals surface area contributed by atoms with Gasteiger partial charge in [0.25, 0.3) is 0 Å². The lowest BCUT2D eigenvalue weighted by Crippen LogP contribution is -2.21. The van der Waals surface area contributed by atoms with Crippen molar-refractivity contribution < 1.29 is 9.18 Å². The van der Waals surface area contributed by atoms with Crippen LogP contribution in [0.25, 0.3) is 28.5 Å². The Morgan fingerprint density at radius 1 is 1.17 bits per heavy atom. The monoisotopic (exact) mass is 527 g/mol. The summed E-state index contributed by atoms with van der Waals surface area (Å²) < 4.78 is 16.1. The van der Waals surface area contributed by atoms with Crippen LogP contribution in [0.1, 0.15) is 62.3 Å². The van der Waals surface area contributed by atoms with Crippen LogP contribution in [0.5, 0.6) is 0 Å². The van der Waals surface area contributed by atoms with Crippen LogP contribution in [-0.2, 0) is 4.79 Å². The second-order valence-electron chi connectivity index (χ2n) is 9.03. The van der Waals surface area contributed by atoms with Crippen LogP contribution in [0.4, 0.5) is 4.39 Å². The van der Waals surface area contributed by atoms with E-state index in [2.05, 4.69) is 20.6 Å². The van der Waals surface area contributed by atoms with Gasteiger partial charge in [0.1, 0.15) is 17.3 Å². The fourth-order valence-electron chi connectivity index (χ4n) is 4.87. The van der Waals surface area contributed by atoms with Crippen LogP contribution in [0.3, 0.4) is 0 Å². The molecule has 8 nitrogen and oxygen atoms in total. The van der Waals surface area contributed by atoms with E-state index in [4.69, 9.17) is 33.9 Å². The number of carbonyl (C=O) groups is 1. The van der Waals surface area contributed by atoms with Crippen molar-refractivity contribution in [3.8, 4) is 28.5 Å². The molecule has 5 rings (SSSR count). The number of hydrogen-bond acceptors (Lipinski definition) is 5. The maximum absolute atomic E-state index is 14.2. The highest BCUT2D eigenvalue weighted by Gasteiger charge is 2.31. The molecule has 1 aliphatic carbocycles. The second-order valence-corrected chi connectivity index (χ2v) is 9.87. The van der Waals surface area contributed by atoms with Crippen LogP contribution in [0.15, 0.2) is 36.4 Å². The van der Waals surface area contributed by atoms with Crippen LogP contribution >= 0.6 is 23.2 Å². The number of aromatic nitrogens is 6. The van der Waals surface area contributed by atoms with Crippen LogP contribution in [0, 0.1) is 5.82 Å². The molecular weight excluding hydrogens is 504 g/mol. The van der Waals surface area contributed by atoms with Gasteiger partial charge in [-0.05, 0) is 60.9 Å². The Labute approximate surface area is 217 Å². The van der Waals surface area contributed by atoms with Gasteiger partial charge >= 0.3 is 0 Å². The molecule has 4 aromatic rings. The summed E-state index contributed by atoms with van der Waals surface area (Å²) in [6.07, 6.45) is 5.22. The van der Waals surface area contributed by atoms with Gasteiger partial charge in [0, 0.05) is 16.5 Å². The van der Waals surface area contributed by atoms with Crippen molar-refractivity contribution in [3.05, 3.63) is 63.6 Å². The molecule has 186 valence electrons. The lowest BCUT2D eigenvalue weighted by molar-refractivity contribution is -0.119. The number of imidazole rings is 1. The Kier molecular flexibility index (Phi) is 6.77. The second kappa shape index (κ2) is 9.99. The van der Waals surface area contributed by atoms with Gasteiger partial charge in [-0.15, -0.1) is 10.2 Å². The molecule has 36 heavy (non-hydrogen) atoms. The number of aromatic amines is 1. The predicted octanol–water partition coefficient (Wildman–Crippen LogP) is 5.80. The number of amides is 1. The quantitative estimate of drug-likeness (QED) is 0.328. The summed E-state index contributed by atoms with van der Waals surface area (Å²) in [5, 5.41) is 15.0. The summed E-state index contributed by atoms with van der Waals surface area (Å²) in [6.45, 7) is 1.75. The fraction of sp³-hybridized carbons (Fsp3) is 0.320. The van der Waals surface area contributed by atoms with Crippen molar-refractivity contribution >= 4 is 29.1 Å². The highest BCUT2D eigenvalue weighted by Crippen LogP contribution is 2.42. The molecule has 2 aromatic carbocycles. The summed E-state index contributed by atoms with van der Waals surface area (Å²) in [5.41, 5.74) is 8.73. The minimum atomic E-state index is -0.600. The van der Waals surface area contributed by atoms with Crippen LogP contribution in [0.2, 0.25) is 10.0 Å². The molecule has 1 unspecified atom stereocenters. The van der Waals surface area contributed by atoms with E-state index >= 15 is 0 Å². The number of hydrogen-bond donors (Lipinski definition) is 2. The average Bonchev–Trinajstić information content (AvgIpc) is 3.54. The molecule has 3 N–H and O–H groups in total. The average molecular weight is 528 g/mol. The highest BCUT2D eigenvalue weighted by molar-refractivity contribution is 6.31. The molecule has 0 radical (unpaired) electrons. The number of carbonyl (C=O) groups excluding carboxylic acids is 1. The van der Waals surface area contributed by atoms with Gasteiger partial charge in [-0.1, -0.05) is 48.5 Å². The third-order valence-electron chi connectivity index (χ3n) is 6.75. The van der Waals surface area contributed by atoms with E-state index in [9.17, 15) is 9.18 Å². The molecular formula is C25H24Cl2FN7O. The molecule has 11 heteroatoms. The SMILES string of the molecule is CC(C(N)=O)c1ccc(Cl)cc1-n1c(C2CCCCC2)nc(-c2nn[nH]n2)c1-c1ccc(F)c(Cl)c1. The Morgan fingerprint density at radius 3 is 2.61 bits per heavy atom. The smallest absolute Gasteiger partial charge is 0.225 e. The number of nitrogens with two attached hydrogens (primary N) is 1. The van der Waals surface area contributed by atoms with E-state index in [0.717, 1.165) is 37.9 Å². The minimum Gasteiger partial charge on any atom is -0.369 e. The molecule has 1 saturated carbocycles. The van der Waals surface area contributed by atoms with E-state index in [1.54, 1.807) is 37.3 Å². The summed E-state index contributed by atoms with van der Waals surface area (Å²) in [5.74, 6) is -0.395. The summed E-state index contributed by atoms with van der Waals surface area (Å²) in [7, 11) is 0. The molecule has 0 bridgehead atoms. The van der Waals surface area contributed by atoms with Gasteiger partial charge in [-0.2, -0.15) is 5.21 Å². The van der Waals surface area contributed by atoms with Crippen molar-refractivity contribution in [1.29, 1.82) is 0 Å². The molecule has 1 fully saturated rings. The maximum atomic E-state index is 14.2. The van der Waals surface area contributed by atoms with E-state index < -0.39 is 17.6 Å². The van der Waals surface area contributed by atoms with Gasteiger partial charge < -0.3 is 5.73 Å². The van der Waals surface area contributed by atoms with Crippen LogP contribution < -0.4 is 5.73 Å².